The maximum Gasteiger partial charge on any atom is 0.275 e. The fraction of sp³-hybridized carbons (Fsp3) is 0.417. The average Bonchev–Trinajstić information content (AvgIpc) is 2.99. The number of hydrogen-bond acceptors (Lipinski definition) is 6. The molecule has 0 radical (unpaired) electrons. The van der Waals surface area contributed by atoms with Gasteiger partial charge < -0.3 is 4.74 Å². The zero-order chi connectivity index (χ0) is 15.4. The van der Waals surface area contributed by atoms with E-state index in [0.29, 0.717) is 11.5 Å². The lowest BCUT2D eigenvalue weighted by molar-refractivity contribution is -0.139. The topological polar surface area (TPSA) is 87.7 Å². The van der Waals surface area contributed by atoms with Gasteiger partial charge in [0.05, 0.1) is 28.2 Å². The highest BCUT2D eigenvalue weighted by Gasteiger charge is 2.38. The van der Waals surface area contributed by atoms with Crippen LogP contribution in [0.5, 0.6) is 0 Å². The fourth-order valence-electron chi connectivity index (χ4n) is 1.86. The van der Waals surface area contributed by atoms with Crippen molar-refractivity contribution in [3.63, 3.8) is 0 Å². The highest BCUT2D eigenvalue weighted by Crippen LogP contribution is 2.21. The molecule has 0 saturated carbocycles. The predicted molar refractivity (Wildman–Crippen MR) is 79.6 cm³/mol. The van der Waals surface area contributed by atoms with Crippen LogP contribution in [0.15, 0.2) is 15.9 Å². The van der Waals surface area contributed by atoms with E-state index >= 15 is 0 Å². The van der Waals surface area contributed by atoms with Gasteiger partial charge in [0.2, 0.25) is 11.8 Å². The number of hydrogen-bond donors (Lipinski definition) is 2. The second-order valence-electron chi connectivity index (χ2n) is 4.34. The Morgan fingerprint density at radius 2 is 2.29 bits per heavy atom. The number of carbonyl (C=O) groups is 3. The molecule has 0 spiro atoms. The first kappa shape index (κ1) is 16.1. The highest BCUT2D eigenvalue weighted by molar-refractivity contribution is 9.11. The summed E-state index contributed by atoms with van der Waals surface area (Å²) in [4.78, 5) is 37.2. The maximum absolute atomic E-state index is 12.0. The summed E-state index contributed by atoms with van der Waals surface area (Å²) in [6.45, 7) is 0.512. The molecule has 1 fully saturated rings. The van der Waals surface area contributed by atoms with Gasteiger partial charge in [-0.05, 0) is 28.1 Å². The van der Waals surface area contributed by atoms with Crippen molar-refractivity contribution >= 4 is 45.0 Å². The van der Waals surface area contributed by atoms with E-state index in [1.165, 1.54) is 18.4 Å². The van der Waals surface area contributed by atoms with Crippen molar-refractivity contribution in [2.75, 3.05) is 20.3 Å². The summed E-state index contributed by atoms with van der Waals surface area (Å²) in [6.07, 6.45) is 0.0248. The fourth-order valence-corrected chi connectivity index (χ4v) is 3.15. The van der Waals surface area contributed by atoms with E-state index in [1.807, 2.05) is 0 Å². The molecule has 0 aliphatic carbocycles. The number of carbonyl (C=O) groups excluding carboxylic acids is 3. The van der Waals surface area contributed by atoms with Gasteiger partial charge in [0.15, 0.2) is 0 Å². The van der Waals surface area contributed by atoms with Gasteiger partial charge in [-0.1, -0.05) is 0 Å². The third-order valence-electron chi connectivity index (χ3n) is 2.92. The van der Waals surface area contributed by atoms with Gasteiger partial charge in [0.25, 0.3) is 5.91 Å². The normalized spacial score (nSPS) is 18.4. The molecule has 1 saturated heterocycles. The van der Waals surface area contributed by atoms with E-state index in [0.717, 1.165) is 8.69 Å². The van der Waals surface area contributed by atoms with Crippen molar-refractivity contribution in [2.45, 2.75) is 12.5 Å². The number of imide groups is 1. The zero-order valence-corrected chi connectivity index (χ0v) is 13.6. The summed E-state index contributed by atoms with van der Waals surface area (Å²) < 4.78 is 5.69. The Hall–Kier alpha value is -1.29. The number of likely N-dealkylation sites (tertiary alicyclic amines) is 1. The van der Waals surface area contributed by atoms with Gasteiger partial charge in [-0.15, -0.1) is 11.3 Å². The van der Waals surface area contributed by atoms with Gasteiger partial charge in [-0.2, -0.15) is 0 Å². The zero-order valence-electron chi connectivity index (χ0n) is 11.2. The monoisotopic (exact) mass is 375 g/mol. The second-order valence-corrected chi connectivity index (χ2v) is 6.80. The Morgan fingerprint density at radius 1 is 1.52 bits per heavy atom. The number of nitrogens with zero attached hydrogens (tertiary/aromatic N) is 1. The first-order valence-electron chi connectivity index (χ1n) is 6.17. The minimum Gasteiger partial charge on any atom is -0.383 e. The molecule has 1 aromatic rings. The van der Waals surface area contributed by atoms with E-state index in [4.69, 9.17) is 4.74 Å². The van der Waals surface area contributed by atoms with Gasteiger partial charge >= 0.3 is 0 Å². The molecule has 21 heavy (non-hydrogen) atoms. The van der Waals surface area contributed by atoms with Crippen molar-refractivity contribution in [3.05, 3.63) is 20.8 Å². The van der Waals surface area contributed by atoms with Crippen LogP contribution >= 0.6 is 27.3 Å². The van der Waals surface area contributed by atoms with E-state index < -0.39 is 6.04 Å². The third kappa shape index (κ3) is 3.88. The lowest BCUT2D eigenvalue weighted by atomic mass is 10.3. The third-order valence-corrected chi connectivity index (χ3v) is 4.54. The van der Waals surface area contributed by atoms with Crippen LogP contribution < -0.4 is 10.9 Å². The minimum atomic E-state index is -0.735. The van der Waals surface area contributed by atoms with Crippen LogP contribution in [0.1, 0.15) is 16.1 Å². The van der Waals surface area contributed by atoms with Crippen molar-refractivity contribution in [2.24, 2.45) is 0 Å². The number of methoxy groups -OCH3 is 1. The molecular weight excluding hydrogens is 362 g/mol. The smallest absolute Gasteiger partial charge is 0.275 e. The summed E-state index contributed by atoms with van der Waals surface area (Å²) in [6, 6.07) is 2.69. The van der Waals surface area contributed by atoms with E-state index in [-0.39, 0.29) is 30.7 Å². The quantitative estimate of drug-likeness (QED) is 0.558. The van der Waals surface area contributed by atoms with Gasteiger partial charge in [-0.25, -0.2) is 5.43 Å². The van der Waals surface area contributed by atoms with Crippen molar-refractivity contribution < 1.29 is 19.1 Å². The Labute approximate surface area is 133 Å². The minimum absolute atomic E-state index is 0.0248. The summed E-state index contributed by atoms with van der Waals surface area (Å²) in [5, 5.41) is 0. The van der Waals surface area contributed by atoms with E-state index in [1.54, 1.807) is 12.1 Å². The molecule has 1 aromatic heterocycles. The van der Waals surface area contributed by atoms with Gasteiger partial charge in [0, 0.05) is 7.11 Å². The molecule has 0 bridgehead atoms. The van der Waals surface area contributed by atoms with Crippen molar-refractivity contribution in [1.29, 1.82) is 0 Å². The van der Waals surface area contributed by atoms with E-state index in [9.17, 15) is 14.4 Å². The molecule has 2 rings (SSSR count). The number of nitrogens with one attached hydrogen (secondary N) is 2. The second kappa shape index (κ2) is 7.12. The van der Waals surface area contributed by atoms with Crippen LogP contribution in [0.3, 0.4) is 0 Å². The molecule has 0 aromatic carbocycles. The number of ether oxygens (including phenoxy) is 1. The SMILES string of the molecule is COCCN1C(=O)C[C@@H](NNC(=O)c2ccc(Br)s2)C1=O. The summed E-state index contributed by atoms with van der Waals surface area (Å²) in [7, 11) is 1.50. The van der Waals surface area contributed by atoms with Crippen molar-refractivity contribution in [3.8, 4) is 0 Å². The molecule has 1 aliphatic rings. The molecule has 7 nitrogen and oxygen atoms in total. The van der Waals surface area contributed by atoms with Crippen LogP contribution in [0.4, 0.5) is 0 Å². The molecule has 114 valence electrons. The summed E-state index contributed by atoms with van der Waals surface area (Å²) in [5.41, 5.74) is 5.07. The Morgan fingerprint density at radius 3 is 2.90 bits per heavy atom. The molecule has 1 aliphatic heterocycles. The summed E-state index contributed by atoms with van der Waals surface area (Å²) >= 11 is 4.55. The largest absolute Gasteiger partial charge is 0.383 e. The summed E-state index contributed by atoms with van der Waals surface area (Å²) in [5.74, 6) is -0.978. The van der Waals surface area contributed by atoms with E-state index in [2.05, 4.69) is 26.8 Å². The average molecular weight is 376 g/mol. The number of rotatable bonds is 6. The lowest BCUT2D eigenvalue weighted by Gasteiger charge is -2.15. The highest BCUT2D eigenvalue weighted by atomic mass is 79.9. The molecule has 2 heterocycles. The molecule has 9 heteroatoms. The van der Waals surface area contributed by atoms with Crippen LogP contribution in [0.2, 0.25) is 0 Å². The number of thiophene rings is 1. The van der Waals surface area contributed by atoms with Gasteiger partial charge in [0.1, 0.15) is 6.04 Å². The molecule has 1 atom stereocenters. The van der Waals surface area contributed by atoms with Gasteiger partial charge in [-0.3, -0.25) is 24.7 Å². The van der Waals surface area contributed by atoms with Crippen LogP contribution in [0.25, 0.3) is 0 Å². The lowest BCUT2D eigenvalue weighted by Crippen LogP contribution is -2.48. The number of hydrazine groups is 1. The standard InChI is InChI=1S/C12H14BrN3O4S/c1-20-5-4-16-10(17)6-7(12(16)19)14-15-11(18)8-2-3-9(13)21-8/h2-3,7,14H,4-6H2,1H3,(H,15,18)/t7-/m1/s1. The van der Waals surface area contributed by atoms with Crippen LogP contribution in [0, 0.1) is 0 Å². The molecule has 2 N–H and O–H groups in total. The first-order chi connectivity index (χ1) is 10.0. The first-order valence-corrected chi connectivity index (χ1v) is 7.78. The van der Waals surface area contributed by atoms with Crippen LogP contribution in [-0.4, -0.2) is 48.9 Å². The Balaban J connectivity index is 1.88. The molecule has 3 amide bonds. The number of halogens is 1. The molecule has 0 unspecified atom stereocenters. The van der Waals surface area contributed by atoms with Crippen LogP contribution in [-0.2, 0) is 14.3 Å². The Bertz CT molecular complexity index is 562. The molecular formula is C12H14BrN3O4S. The maximum atomic E-state index is 12.0. The number of amides is 3. The Kier molecular flexibility index (Phi) is 5.45. The van der Waals surface area contributed by atoms with Crippen molar-refractivity contribution in [1.82, 2.24) is 15.8 Å². The predicted octanol–water partition coefficient (Wildman–Crippen LogP) is 0.519.